The number of hydrogen-bond acceptors (Lipinski definition) is 3. The summed E-state index contributed by atoms with van der Waals surface area (Å²) in [7, 11) is 0. The van der Waals surface area contributed by atoms with E-state index in [0.717, 1.165) is 22.1 Å². The highest BCUT2D eigenvalue weighted by Crippen LogP contribution is 2.29. The van der Waals surface area contributed by atoms with E-state index in [1.807, 2.05) is 56.3 Å². The summed E-state index contributed by atoms with van der Waals surface area (Å²) in [5.41, 5.74) is 4.17. The predicted octanol–water partition coefficient (Wildman–Crippen LogP) is 5.25. The second kappa shape index (κ2) is 7.03. The first kappa shape index (κ1) is 17.1. The summed E-state index contributed by atoms with van der Waals surface area (Å²) in [6.07, 6.45) is 5.01. The molecule has 1 atom stereocenters. The molecule has 0 bridgehead atoms. The van der Waals surface area contributed by atoms with Crippen LogP contribution in [0.1, 0.15) is 35.1 Å². The third-order valence-corrected chi connectivity index (χ3v) is 4.60. The molecule has 0 amide bonds. The second-order valence-corrected chi connectivity index (χ2v) is 6.35. The molecule has 0 saturated heterocycles. The van der Waals surface area contributed by atoms with Crippen LogP contribution in [0.4, 0.5) is 0 Å². The Balaban J connectivity index is 2.16. The molecule has 4 heteroatoms. The second-order valence-electron chi connectivity index (χ2n) is 5.94. The third kappa shape index (κ3) is 3.39. The van der Waals surface area contributed by atoms with Gasteiger partial charge in [0.2, 0.25) is 0 Å². The van der Waals surface area contributed by atoms with Gasteiger partial charge in [-0.15, -0.1) is 0 Å². The molecule has 0 fully saturated rings. The highest BCUT2D eigenvalue weighted by Gasteiger charge is 2.21. The first-order valence-electron chi connectivity index (χ1n) is 7.99. The summed E-state index contributed by atoms with van der Waals surface area (Å²) in [6.45, 7) is 3.83. The normalized spacial score (nSPS) is 12.6. The van der Waals surface area contributed by atoms with Crippen LogP contribution in [-0.4, -0.2) is 15.9 Å². The van der Waals surface area contributed by atoms with E-state index in [0.29, 0.717) is 16.0 Å². The van der Waals surface area contributed by atoms with Crippen molar-refractivity contribution in [3.8, 4) is 0 Å². The Morgan fingerprint density at radius 1 is 1.20 bits per heavy atom. The molecular weight excluding hydrogens is 332 g/mol. The number of fused-ring (bicyclic) bond motifs is 1. The SMILES string of the molecule is CC=CC(C(=O)O)c1cc(C(=S)c2ccc(C)cc2)c2occc2c1. The molecular formula is C21H18O3S. The van der Waals surface area contributed by atoms with Gasteiger partial charge in [-0.05, 0) is 43.2 Å². The van der Waals surface area contributed by atoms with Crippen molar-refractivity contribution in [1.29, 1.82) is 0 Å². The fourth-order valence-electron chi connectivity index (χ4n) is 2.84. The largest absolute Gasteiger partial charge is 0.481 e. The summed E-state index contributed by atoms with van der Waals surface area (Å²) in [4.78, 5) is 12.3. The van der Waals surface area contributed by atoms with Gasteiger partial charge < -0.3 is 9.52 Å². The average Bonchev–Trinajstić information content (AvgIpc) is 3.07. The maximum absolute atomic E-state index is 11.6. The monoisotopic (exact) mass is 350 g/mol. The Morgan fingerprint density at radius 3 is 2.56 bits per heavy atom. The van der Waals surface area contributed by atoms with E-state index in [1.54, 1.807) is 18.4 Å². The number of carboxylic acid groups (broad SMARTS) is 1. The van der Waals surface area contributed by atoms with Crippen molar-refractivity contribution in [3.05, 3.63) is 83.1 Å². The predicted molar refractivity (Wildman–Crippen MR) is 103 cm³/mol. The van der Waals surface area contributed by atoms with E-state index >= 15 is 0 Å². The van der Waals surface area contributed by atoms with Crippen LogP contribution in [0.3, 0.4) is 0 Å². The fraction of sp³-hybridized carbons (Fsp3) is 0.143. The van der Waals surface area contributed by atoms with Crippen molar-refractivity contribution in [2.75, 3.05) is 0 Å². The van der Waals surface area contributed by atoms with E-state index in [2.05, 4.69) is 0 Å². The van der Waals surface area contributed by atoms with Gasteiger partial charge in [0, 0.05) is 10.9 Å². The minimum absolute atomic E-state index is 0.645. The zero-order valence-corrected chi connectivity index (χ0v) is 14.8. The number of furan rings is 1. The van der Waals surface area contributed by atoms with Gasteiger partial charge in [-0.25, -0.2) is 0 Å². The topological polar surface area (TPSA) is 50.4 Å². The van der Waals surface area contributed by atoms with Gasteiger partial charge in [-0.3, -0.25) is 4.79 Å². The number of rotatable bonds is 5. The number of hydrogen-bond donors (Lipinski definition) is 1. The van der Waals surface area contributed by atoms with Gasteiger partial charge in [0.1, 0.15) is 5.58 Å². The van der Waals surface area contributed by atoms with E-state index in [1.165, 1.54) is 0 Å². The van der Waals surface area contributed by atoms with Crippen molar-refractivity contribution in [1.82, 2.24) is 0 Å². The van der Waals surface area contributed by atoms with Crippen molar-refractivity contribution in [2.24, 2.45) is 0 Å². The van der Waals surface area contributed by atoms with Crippen molar-refractivity contribution >= 4 is 34.0 Å². The molecule has 0 saturated carbocycles. The van der Waals surface area contributed by atoms with Crippen LogP contribution in [0.5, 0.6) is 0 Å². The van der Waals surface area contributed by atoms with Gasteiger partial charge in [0.15, 0.2) is 0 Å². The van der Waals surface area contributed by atoms with Crippen LogP contribution in [0.15, 0.2) is 65.3 Å². The number of allylic oxidation sites excluding steroid dienone is 1. The van der Waals surface area contributed by atoms with Crippen LogP contribution < -0.4 is 0 Å². The number of thiocarbonyl (C=S) groups is 1. The molecule has 1 aromatic heterocycles. The molecule has 0 aliphatic carbocycles. The quantitative estimate of drug-likeness (QED) is 0.388. The molecule has 1 unspecified atom stereocenters. The van der Waals surface area contributed by atoms with Gasteiger partial charge >= 0.3 is 5.97 Å². The zero-order chi connectivity index (χ0) is 18.0. The van der Waals surface area contributed by atoms with E-state index < -0.39 is 11.9 Å². The van der Waals surface area contributed by atoms with Crippen LogP contribution in [0.25, 0.3) is 11.0 Å². The molecule has 0 aliphatic rings. The van der Waals surface area contributed by atoms with Gasteiger partial charge in [0.25, 0.3) is 0 Å². The highest BCUT2D eigenvalue weighted by molar-refractivity contribution is 7.81. The van der Waals surface area contributed by atoms with E-state index in [4.69, 9.17) is 16.6 Å². The maximum Gasteiger partial charge on any atom is 0.314 e. The Hall–Kier alpha value is -2.72. The van der Waals surface area contributed by atoms with Crippen LogP contribution in [-0.2, 0) is 4.79 Å². The van der Waals surface area contributed by atoms with Gasteiger partial charge in [-0.1, -0.05) is 54.2 Å². The van der Waals surface area contributed by atoms with Crippen LogP contribution >= 0.6 is 12.2 Å². The minimum Gasteiger partial charge on any atom is -0.481 e. The standard InChI is InChI=1S/C21H18O3S/c1-3-4-17(21(22)23)16-11-15-9-10-24-19(15)18(12-16)20(25)14-7-5-13(2)6-8-14/h3-12,17H,1-2H3,(H,22,23). The summed E-state index contributed by atoms with van der Waals surface area (Å²) < 4.78 is 5.62. The molecule has 1 N–H and O–H groups in total. The lowest BCUT2D eigenvalue weighted by Crippen LogP contribution is -2.10. The number of carbonyl (C=O) groups is 1. The summed E-state index contributed by atoms with van der Waals surface area (Å²) in [6, 6.07) is 13.5. The molecule has 126 valence electrons. The summed E-state index contributed by atoms with van der Waals surface area (Å²) in [5.74, 6) is -1.61. The van der Waals surface area contributed by atoms with E-state index in [9.17, 15) is 9.90 Å². The molecule has 3 nitrogen and oxygen atoms in total. The maximum atomic E-state index is 11.6. The van der Waals surface area contributed by atoms with Crippen molar-refractivity contribution in [3.63, 3.8) is 0 Å². The number of carboxylic acids is 1. The van der Waals surface area contributed by atoms with Gasteiger partial charge in [0.05, 0.1) is 17.0 Å². The van der Waals surface area contributed by atoms with Crippen LogP contribution in [0, 0.1) is 6.92 Å². The van der Waals surface area contributed by atoms with Crippen LogP contribution in [0.2, 0.25) is 0 Å². The average molecular weight is 350 g/mol. The van der Waals surface area contributed by atoms with E-state index in [-0.39, 0.29) is 0 Å². The Labute approximate surface area is 151 Å². The third-order valence-electron chi connectivity index (χ3n) is 4.14. The lowest BCUT2D eigenvalue weighted by molar-refractivity contribution is -0.137. The zero-order valence-electron chi connectivity index (χ0n) is 14.0. The molecule has 1 heterocycles. The lowest BCUT2D eigenvalue weighted by Gasteiger charge is -2.12. The van der Waals surface area contributed by atoms with Crippen molar-refractivity contribution < 1.29 is 14.3 Å². The molecule has 0 radical (unpaired) electrons. The Morgan fingerprint density at radius 2 is 1.92 bits per heavy atom. The molecule has 0 aliphatic heterocycles. The fourth-order valence-corrected chi connectivity index (χ4v) is 3.13. The molecule has 3 rings (SSSR count). The molecule has 2 aromatic carbocycles. The number of aliphatic carboxylic acids is 1. The summed E-state index contributed by atoms with van der Waals surface area (Å²) in [5, 5.41) is 10.4. The van der Waals surface area contributed by atoms with Gasteiger partial charge in [-0.2, -0.15) is 0 Å². The Kier molecular flexibility index (Phi) is 4.81. The number of aryl methyl sites for hydroxylation is 1. The highest BCUT2D eigenvalue weighted by atomic mass is 32.1. The Bertz CT molecular complexity index is 964. The number of benzene rings is 2. The summed E-state index contributed by atoms with van der Waals surface area (Å²) >= 11 is 5.67. The lowest BCUT2D eigenvalue weighted by atomic mass is 9.93. The molecule has 3 aromatic rings. The smallest absolute Gasteiger partial charge is 0.314 e. The van der Waals surface area contributed by atoms with Crippen molar-refractivity contribution in [2.45, 2.75) is 19.8 Å². The minimum atomic E-state index is -0.895. The molecule has 0 spiro atoms. The first-order valence-corrected chi connectivity index (χ1v) is 8.40. The first-order chi connectivity index (χ1) is 12.0. The molecule has 25 heavy (non-hydrogen) atoms.